The van der Waals surface area contributed by atoms with Gasteiger partial charge in [0.25, 0.3) is 5.91 Å². The number of hydrogen-bond donors (Lipinski definition) is 2. The lowest BCUT2D eigenvalue weighted by Gasteiger charge is -2.39. The van der Waals surface area contributed by atoms with E-state index in [1.807, 2.05) is 6.92 Å². The summed E-state index contributed by atoms with van der Waals surface area (Å²) in [5, 5.41) is 17.2. The third kappa shape index (κ3) is 4.90. The first kappa shape index (κ1) is 22.5. The summed E-state index contributed by atoms with van der Waals surface area (Å²) >= 11 is 0. The molecule has 1 aromatic carbocycles. The zero-order valence-corrected chi connectivity index (χ0v) is 18.2. The summed E-state index contributed by atoms with van der Waals surface area (Å²) in [5.41, 5.74) is 6.04. The van der Waals surface area contributed by atoms with Gasteiger partial charge in [0.2, 0.25) is 0 Å². The number of carbonyl (C=O) groups is 2. The SMILES string of the molecule is CC1(COC(=O)N2CCC(n3cc(C(N)=O)c(Nc4ccc(F)cc4)n3)C(C#N)C2)COC1. The van der Waals surface area contributed by atoms with E-state index in [0.29, 0.717) is 31.9 Å². The van der Waals surface area contributed by atoms with Crippen molar-refractivity contribution < 1.29 is 23.5 Å². The lowest BCUT2D eigenvalue weighted by molar-refractivity contribution is -0.128. The van der Waals surface area contributed by atoms with Gasteiger partial charge in [-0.3, -0.25) is 9.48 Å². The Kier molecular flexibility index (Phi) is 6.20. The number of hydrogen-bond acceptors (Lipinski definition) is 7. The minimum Gasteiger partial charge on any atom is -0.449 e. The summed E-state index contributed by atoms with van der Waals surface area (Å²) in [6.45, 7) is 3.92. The maximum absolute atomic E-state index is 13.2. The van der Waals surface area contributed by atoms with E-state index in [1.54, 1.807) is 0 Å². The van der Waals surface area contributed by atoms with Crippen LogP contribution in [0.25, 0.3) is 0 Å². The molecule has 2 amide bonds. The largest absolute Gasteiger partial charge is 0.449 e. The van der Waals surface area contributed by atoms with Gasteiger partial charge in [0.15, 0.2) is 5.82 Å². The van der Waals surface area contributed by atoms with Gasteiger partial charge in [-0.2, -0.15) is 10.4 Å². The number of primary amides is 1. The normalized spacial score (nSPS) is 21.5. The van der Waals surface area contributed by atoms with Crippen LogP contribution in [0.1, 0.15) is 29.7 Å². The molecule has 3 heterocycles. The molecule has 0 aliphatic carbocycles. The zero-order valence-electron chi connectivity index (χ0n) is 18.2. The summed E-state index contributed by atoms with van der Waals surface area (Å²) in [6.07, 6.45) is 1.48. The number of nitrogens with zero attached hydrogens (tertiary/aromatic N) is 4. The van der Waals surface area contributed by atoms with E-state index >= 15 is 0 Å². The second-order valence-electron chi connectivity index (χ2n) is 8.76. The van der Waals surface area contributed by atoms with Crippen LogP contribution in [-0.4, -0.2) is 59.6 Å². The molecule has 10 nitrogen and oxygen atoms in total. The Morgan fingerprint density at radius 1 is 1.39 bits per heavy atom. The minimum absolute atomic E-state index is 0.147. The average Bonchev–Trinajstić information content (AvgIpc) is 3.21. The molecule has 2 aromatic rings. The molecule has 0 bridgehead atoms. The molecule has 2 aliphatic rings. The molecule has 2 atom stereocenters. The van der Waals surface area contributed by atoms with Crippen LogP contribution in [-0.2, 0) is 9.47 Å². The molecule has 0 saturated carbocycles. The number of halogens is 1. The Labute approximate surface area is 190 Å². The molecule has 2 saturated heterocycles. The first-order valence-electron chi connectivity index (χ1n) is 10.6. The highest BCUT2D eigenvalue weighted by Gasteiger charge is 2.38. The van der Waals surface area contributed by atoms with E-state index in [4.69, 9.17) is 15.2 Å². The van der Waals surface area contributed by atoms with E-state index in [0.717, 1.165) is 0 Å². The number of carbonyl (C=O) groups excluding carboxylic acids is 2. The van der Waals surface area contributed by atoms with Gasteiger partial charge in [0, 0.05) is 30.4 Å². The fourth-order valence-electron chi connectivity index (χ4n) is 3.91. The number of rotatable bonds is 6. The van der Waals surface area contributed by atoms with Gasteiger partial charge >= 0.3 is 6.09 Å². The number of nitrogens with one attached hydrogen (secondary N) is 1. The third-order valence-corrected chi connectivity index (χ3v) is 5.89. The number of likely N-dealkylation sites (tertiary alicyclic amines) is 1. The standard InChI is InChI=1S/C22H25FN6O4/c1-22(11-32-12-22)13-33-21(31)28-7-6-18(14(8-24)9-28)29-10-17(19(25)30)20(27-29)26-16-4-2-15(23)3-5-16/h2-5,10,14,18H,6-7,9,11-13H2,1H3,(H2,25,30)(H,26,27). The van der Waals surface area contributed by atoms with Crippen molar-refractivity contribution in [3.8, 4) is 6.07 Å². The highest BCUT2D eigenvalue weighted by Crippen LogP contribution is 2.31. The maximum atomic E-state index is 13.2. The Bertz CT molecular complexity index is 1080. The molecule has 2 fully saturated rings. The molecule has 1 aromatic heterocycles. The smallest absolute Gasteiger partial charge is 0.409 e. The summed E-state index contributed by atoms with van der Waals surface area (Å²) in [4.78, 5) is 26.0. The topological polar surface area (TPSA) is 136 Å². The number of amides is 2. The van der Waals surface area contributed by atoms with Gasteiger partial charge in [0.05, 0.1) is 31.2 Å². The van der Waals surface area contributed by atoms with E-state index in [-0.39, 0.29) is 36.0 Å². The fourth-order valence-corrected chi connectivity index (χ4v) is 3.91. The van der Waals surface area contributed by atoms with Crippen LogP contribution in [0.4, 0.5) is 20.7 Å². The zero-order chi connectivity index (χ0) is 23.6. The van der Waals surface area contributed by atoms with Crippen LogP contribution >= 0.6 is 0 Å². The van der Waals surface area contributed by atoms with Crippen molar-refractivity contribution in [2.45, 2.75) is 19.4 Å². The van der Waals surface area contributed by atoms with E-state index in [9.17, 15) is 19.2 Å². The lowest BCUT2D eigenvalue weighted by Crippen LogP contribution is -2.48. The predicted octanol–water partition coefficient (Wildman–Crippen LogP) is 2.42. The van der Waals surface area contributed by atoms with E-state index in [1.165, 1.54) is 40.0 Å². The number of anilines is 2. The lowest BCUT2D eigenvalue weighted by atomic mass is 9.90. The quantitative estimate of drug-likeness (QED) is 0.681. The molecular formula is C22H25FN6O4. The molecule has 0 radical (unpaired) electrons. The molecular weight excluding hydrogens is 431 g/mol. The van der Waals surface area contributed by atoms with Gasteiger partial charge in [-0.1, -0.05) is 6.92 Å². The first-order chi connectivity index (χ1) is 15.8. The Balaban J connectivity index is 1.46. The number of nitriles is 1. The molecule has 11 heteroatoms. The van der Waals surface area contributed by atoms with Crippen molar-refractivity contribution in [3.63, 3.8) is 0 Å². The minimum atomic E-state index is -0.686. The third-order valence-electron chi connectivity index (χ3n) is 5.89. The number of aromatic nitrogens is 2. The molecule has 2 aliphatic heterocycles. The Hall–Kier alpha value is -3.65. The van der Waals surface area contributed by atoms with Crippen LogP contribution in [0.5, 0.6) is 0 Å². The molecule has 33 heavy (non-hydrogen) atoms. The Morgan fingerprint density at radius 3 is 2.73 bits per heavy atom. The highest BCUT2D eigenvalue weighted by molar-refractivity contribution is 5.98. The summed E-state index contributed by atoms with van der Waals surface area (Å²) in [7, 11) is 0. The number of piperidine rings is 1. The van der Waals surface area contributed by atoms with Crippen LogP contribution in [0.15, 0.2) is 30.5 Å². The average molecular weight is 456 g/mol. The van der Waals surface area contributed by atoms with Gasteiger partial charge in [0.1, 0.15) is 18.0 Å². The Morgan fingerprint density at radius 2 is 2.12 bits per heavy atom. The van der Waals surface area contributed by atoms with Gasteiger partial charge in [-0.05, 0) is 30.7 Å². The fraction of sp³-hybridized carbons (Fsp3) is 0.455. The van der Waals surface area contributed by atoms with Crippen molar-refractivity contribution in [2.24, 2.45) is 17.1 Å². The maximum Gasteiger partial charge on any atom is 0.409 e. The van der Waals surface area contributed by atoms with Crippen molar-refractivity contribution in [1.82, 2.24) is 14.7 Å². The van der Waals surface area contributed by atoms with E-state index in [2.05, 4.69) is 16.5 Å². The van der Waals surface area contributed by atoms with Crippen LogP contribution in [0.3, 0.4) is 0 Å². The second kappa shape index (κ2) is 9.07. The van der Waals surface area contributed by atoms with Gasteiger partial charge in [-0.15, -0.1) is 0 Å². The predicted molar refractivity (Wildman–Crippen MR) is 115 cm³/mol. The van der Waals surface area contributed by atoms with Crippen molar-refractivity contribution >= 4 is 23.5 Å². The summed E-state index contributed by atoms with van der Waals surface area (Å²) < 4.78 is 25.3. The van der Waals surface area contributed by atoms with Crippen LogP contribution in [0, 0.1) is 28.5 Å². The van der Waals surface area contributed by atoms with Crippen molar-refractivity contribution in [3.05, 3.63) is 41.8 Å². The monoisotopic (exact) mass is 456 g/mol. The van der Waals surface area contributed by atoms with Gasteiger partial charge < -0.3 is 25.4 Å². The molecule has 4 rings (SSSR count). The van der Waals surface area contributed by atoms with Crippen molar-refractivity contribution in [1.29, 1.82) is 5.26 Å². The van der Waals surface area contributed by atoms with Crippen LogP contribution < -0.4 is 11.1 Å². The highest BCUT2D eigenvalue weighted by atomic mass is 19.1. The number of nitrogens with two attached hydrogens (primary N) is 1. The first-order valence-corrected chi connectivity index (χ1v) is 10.6. The summed E-state index contributed by atoms with van der Waals surface area (Å²) in [6, 6.07) is 7.46. The molecule has 0 spiro atoms. The molecule has 2 unspecified atom stereocenters. The van der Waals surface area contributed by atoms with E-state index < -0.39 is 23.7 Å². The van der Waals surface area contributed by atoms with Crippen molar-refractivity contribution in [2.75, 3.05) is 38.2 Å². The number of ether oxygens (including phenoxy) is 2. The second-order valence-corrected chi connectivity index (χ2v) is 8.76. The van der Waals surface area contributed by atoms with Crippen LogP contribution in [0.2, 0.25) is 0 Å². The molecule has 174 valence electrons. The molecule has 3 N–H and O–H groups in total. The van der Waals surface area contributed by atoms with Gasteiger partial charge in [-0.25, -0.2) is 9.18 Å². The number of benzene rings is 1. The summed E-state index contributed by atoms with van der Waals surface area (Å²) in [5.74, 6) is -1.43.